The Morgan fingerprint density at radius 1 is 1.37 bits per heavy atom. The summed E-state index contributed by atoms with van der Waals surface area (Å²) >= 11 is 0. The van der Waals surface area contributed by atoms with Crippen molar-refractivity contribution in [3.63, 3.8) is 0 Å². The molecule has 1 aliphatic rings. The number of carbonyl (C=O) groups is 1. The number of benzene rings is 1. The van der Waals surface area contributed by atoms with Crippen LogP contribution in [0, 0.1) is 12.8 Å². The van der Waals surface area contributed by atoms with Gasteiger partial charge >= 0.3 is 5.97 Å². The van der Waals surface area contributed by atoms with Crippen LogP contribution in [0.1, 0.15) is 23.4 Å². The average Bonchev–Trinajstić information content (AvgIpc) is 2.77. The minimum atomic E-state index is -0.697. The summed E-state index contributed by atoms with van der Waals surface area (Å²) in [6.45, 7) is 1.96. The number of carboxylic acid groups (broad SMARTS) is 1. The number of hydrogen-bond donors (Lipinski definition) is 1. The molecule has 0 aliphatic heterocycles. The first-order valence-corrected chi connectivity index (χ1v) is 6.52. The van der Waals surface area contributed by atoms with Crippen molar-refractivity contribution in [3.05, 3.63) is 47.3 Å². The maximum atomic E-state index is 11.1. The lowest BCUT2D eigenvalue weighted by Crippen LogP contribution is -2.23. The Labute approximate surface area is 111 Å². The minimum Gasteiger partial charge on any atom is -0.481 e. The third-order valence-electron chi connectivity index (χ3n) is 3.82. The van der Waals surface area contributed by atoms with Gasteiger partial charge in [-0.15, -0.1) is 0 Å². The summed E-state index contributed by atoms with van der Waals surface area (Å²) in [5.74, 6) is -0.961. The highest BCUT2D eigenvalue weighted by atomic mass is 16.4. The zero-order chi connectivity index (χ0) is 13.4. The Bertz CT molecular complexity index is 617. The first-order chi connectivity index (χ1) is 9.16. The van der Waals surface area contributed by atoms with Gasteiger partial charge in [0.05, 0.1) is 17.3 Å². The fraction of sp³-hybridized carbons (Fsp3) is 0.333. The van der Waals surface area contributed by atoms with E-state index in [4.69, 9.17) is 5.11 Å². The molecule has 0 spiro atoms. The number of aromatic nitrogens is 2. The summed E-state index contributed by atoms with van der Waals surface area (Å²) in [6, 6.07) is 10.0. The zero-order valence-electron chi connectivity index (χ0n) is 10.8. The van der Waals surface area contributed by atoms with Crippen molar-refractivity contribution in [1.29, 1.82) is 0 Å². The number of nitrogens with zero attached hydrogens (tertiary/aromatic N) is 2. The minimum absolute atomic E-state index is 0.264. The van der Waals surface area contributed by atoms with Gasteiger partial charge in [-0.3, -0.25) is 4.79 Å². The van der Waals surface area contributed by atoms with Crippen molar-refractivity contribution in [2.45, 2.75) is 26.2 Å². The van der Waals surface area contributed by atoms with Gasteiger partial charge in [0.1, 0.15) is 0 Å². The van der Waals surface area contributed by atoms with Gasteiger partial charge in [0.2, 0.25) is 0 Å². The molecular weight excluding hydrogens is 240 g/mol. The number of aryl methyl sites for hydroxylation is 1. The van der Waals surface area contributed by atoms with Crippen molar-refractivity contribution >= 4 is 5.97 Å². The van der Waals surface area contributed by atoms with E-state index in [1.807, 2.05) is 41.9 Å². The van der Waals surface area contributed by atoms with Crippen LogP contribution in [0.2, 0.25) is 0 Å². The third-order valence-corrected chi connectivity index (χ3v) is 3.82. The molecule has 0 fully saturated rings. The molecule has 98 valence electrons. The molecule has 1 atom stereocenters. The number of para-hydroxylation sites is 1. The Morgan fingerprint density at radius 3 is 2.79 bits per heavy atom. The number of hydrogen-bond acceptors (Lipinski definition) is 2. The highest BCUT2D eigenvalue weighted by Crippen LogP contribution is 2.29. The van der Waals surface area contributed by atoms with Crippen LogP contribution in [0.15, 0.2) is 30.3 Å². The summed E-state index contributed by atoms with van der Waals surface area (Å²) in [5.41, 5.74) is 4.27. The molecule has 2 aromatic rings. The predicted molar refractivity (Wildman–Crippen MR) is 71.5 cm³/mol. The molecular formula is C15H16N2O2. The van der Waals surface area contributed by atoms with E-state index in [0.29, 0.717) is 12.8 Å². The van der Waals surface area contributed by atoms with Gasteiger partial charge in [0.15, 0.2) is 0 Å². The van der Waals surface area contributed by atoms with E-state index >= 15 is 0 Å². The third kappa shape index (κ3) is 2.03. The second-order valence-corrected chi connectivity index (χ2v) is 5.04. The normalized spacial score (nSPS) is 18.1. The molecule has 3 rings (SSSR count). The molecule has 1 N–H and O–H groups in total. The average molecular weight is 256 g/mol. The van der Waals surface area contributed by atoms with Crippen LogP contribution >= 0.6 is 0 Å². The lowest BCUT2D eigenvalue weighted by molar-refractivity contribution is -0.142. The summed E-state index contributed by atoms with van der Waals surface area (Å²) in [5, 5.41) is 13.7. The number of aliphatic carboxylic acids is 1. The largest absolute Gasteiger partial charge is 0.481 e. The van der Waals surface area contributed by atoms with Crippen LogP contribution in [0.25, 0.3) is 5.69 Å². The summed E-state index contributed by atoms with van der Waals surface area (Å²) in [7, 11) is 0. The quantitative estimate of drug-likeness (QED) is 0.897. The molecule has 0 radical (unpaired) electrons. The maximum Gasteiger partial charge on any atom is 0.306 e. The highest BCUT2D eigenvalue weighted by Gasteiger charge is 2.29. The van der Waals surface area contributed by atoms with E-state index in [0.717, 1.165) is 23.4 Å². The lowest BCUT2D eigenvalue weighted by atomic mass is 9.86. The molecule has 1 aromatic heterocycles. The number of rotatable bonds is 2. The summed E-state index contributed by atoms with van der Waals surface area (Å²) < 4.78 is 1.96. The highest BCUT2D eigenvalue weighted by molar-refractivity contribution is 5.71. The van der Waals surface area contributed by atoms with Crippen LogP contribution in [-0.2, 0) is 17.6 Å². The fourth-order valence-corrected chi connectivity index (χ4v) is 2.78. The van der Waals surface area contributed by atoms with Crippen LogP contribution in [0.5, 0.6) is 0 Å². The van der Waals surface area contributed by atoms with Crippen molar-refractivity contribution in [1.82, 2.24) is 9.78 Å². The Kier molecular flexibility index (Phi) is 2.85. The molecule has 0 amide bonds. The SMILES string of the molecule is Cc1nn(-c2ccccc2)c2c1CC(C(=O)O)CC2. The second-order valence-electron chi connectivity index (χ2n) is 5.04. The van der Waals surface area contributed by atoms with Crippen molar-refractivity contribution in [2.75, 3.05) is 0 Å². The fourth-order valence-electron chi connectivity index (χ4n) is 2.78. The van der Waals surface area contributed by atoms with Gasteiger partial charge in [0, 0.05) is 5.69 Å². The van der Waals surface area contributed by atoms with Crippen LogP contribution in [0.4, 0.5) is 0 Å². The first kappa shape index (κ1) is 12.0. The summed E-state index contributed by atoms with van der Waals surface area (Å²) in [6.07, 6.45) is 2.08. The van der Waals surface area contributed by atoms with E-state index in [9.17, 15) is 4.79 Å². The molecule has 1 heterocycles. The molecule has 4 heteroatoms. The van der Waals surface area contributed by atoms with Gasteiger partial charge in [-0.2, -0.15) is 5.10 Å². The van der Waals surface area contributed by atoms with Gasteiger partial charge in [-0.05, 0) is 43.9 Å². The Hall–Kier alpha value is -2.10. The molecule has 4 nitrogen and oxygen atoms in total. The van der Waals surface area contributed by atoms with E-state index in [1.54, 1.807) is 0 Å². The van der Waals surface area contributed by atoms with Crippen LogP contribution < -0.4 is 0 Å². The molecule has 19 heavy (non-hydrogen) atoms. The van der Waals surface area contributed by atoms with Gasteiger partial charge in [-0.1, -0.05) is 18.2 Å². The smallest absolute Gasteiger partial charge is 0.306 e. The summed E-state index contributed by atoms with van der Waals surface area (Å²) in [4.78, 5) is 11.1. The predicted octanol–water partition coefficient (Wildman–Crippen LogP) is 2.37. The molecule has 1 unspecified atom stereocenters. The standard InChI is InChI=1S/C15H16N2O2/c1-10-13-9-11(15(18)19)7-8-14(13)17(16-10)12-5-3-2-4-6-12/h2-6,11H,7-9H2,1H3,(H,18,19). The monoisotopic (exact) mass is 256 g/mol. The van der Waals surface area contributed by atoms with E-state index in [2.05, 4.69) is 5.10 Å². The first-order valence-electron chi connectivity index (χ1n) is 6.52. The van der Waals surface area contributed by atoms with E-state index in [1.165, 1.54) is 5.69 Å². The molecule has 0 bridgehead atoms. The Balaban J connectivity index is 2.03. The topological polar surface area (TPSA) is 55.1 Å². The Morgan fingerprint density at radius 2 is 2.11 bits per heavy atom. The van der Waals surface area contributed by atoms with Gasteiger partial charge in [0.25, 0.3) is 0 Å². The van der Waals surface area contributed by atoms with E-state index in [-0.39, 0.29) is 5.92 Å². The lowest BCUT2D eigenvalue weighted by Gasteiger charge is -2.20. The molecule has 0 saturated carbocycles. The van der Waals surface area contributed by atoms with Crippen molar-refractivity contribution in [2.24, 2.45) is 5.92 Å². The number of fused-ring (bicyclic) bond motifs is 1. The molecule has 1 aromatic carbocycles. The van der Waals surface area contributed by atoms with Crippen molar-refractivity contribution < 1.29 is 9.90 Å². The zero-order valence-corrected chi connectivity index (χ0v) is 10.8. The van der Waals surface area contributed by atoms with Gasteiger partial charge in [-0.25, -0.2) is 4.68 Å². The molecule has 1 aliphatic carbocycles. The van der Waals surface area contributed by atoms with Crippen molar-refractivity contribution in [3.8, 4) is 5.69 Å². The molecule has 0 saturated heterocycles. The van der Waals surface area contributed by atoms with Gasteiger partial charge < -0.3 is 5.11 Å². The van der Waals surface area contributed by atoms with Crippen LogP contribution in [0.3, 0.4) is 0 Å². The maximum absolute atomic E-state index is 11.1. The number of carboxylic acids is 1. The van der Waals surface area contributed by atoms with E-state index < -0.39 is 5.97 Å². The van der Waals surface area contributed by atoms with Crippen LogP contribution in [-0.4, -0.2) is 20.9 Å². The second kappa shape index (κ2) is 4.53.